The maximum atomic E-state index is 11.2. The van der Waals surface area contributed by atoms with Gasteiger partial charge in [0.25, 0.3) is 5.56 Å². The molecule has 0 spiro atoms. The van der Waals surface area contributed by atoms with E-state index in [0.717, 1.165) is 9.26 Å². The number of benzene rings is 1. The quantitative estimate of drug-likeness (QED) is 0.821. The molecule has 0 radical (unpaired) electrons. The molecule has 82 valence electrons. The molecule has 6 heteroatoms. The molecule has 4 nitrogen and oxygen atoms in total. The Morgan fingerprint density at radius 3 is 2.69 bits per heavy atom. The number of nitrogens with one attached hydrogen (secondary N) is 2. The van der Waals surface area contributed by atoms with E-state index in [-0.39, 0.29) is 10.6 Å². The zero-order valence-corrected chi connectivity index (χ0v) is 10.9. The number of anilines is 2. The molecule has 0 atom stereocenters. The fraction of sp³-hybridized carbons (Fsp3) is 0. The first-order valence-corrected chi connectivity index (χ1v) is 5.88. The number of aromatic nitrogens is 2. The highest BCUT2D eigenvalue weighted by atomic mass is 127. The van der Waals surface area contributed by atoms with Crippen LogP contribution in [-0.2, 0) is 0 Å². The molecule has 0 unspecified atom stereocenters. The maximum absolute atomic E-state index is 11.2. The van der Waals surface area contributed by atoms with Gasteiger partial charge in [-0.2, -0.15) is 0 Å². The van der Waals surface area contributed by atoms with Crippen LogP contribution in [0.5, 0.6) is 0 Å². The second-order valence-electron chi connectivity index (χ2n) is 3.03. The molecule has 0 bridgehead atoms. The topological polar surface area (TPSA) is 57.8 Å². The monoisotopic (exact) mass is 347 g/mol. The molecule has 1 aromatic carbocycles. The van der Waals surface area contributed by atoms with E-state index in [2.05, 4.69) is 37.9 Å². The first kappa shape index (κ1) is 11.4. The molecule has 2 rings (SSSR count). The fourth-order valence-corrected chi connectivity index (χ4v) is 1.65. The van der Waals surface area contributed by atoms with Gasteiger partial charge in [0, 0.05) is 9.26 Å². The minimum absolute atomic E-state index is 0.0565. The highest BCUT2D eigenvalue weighted by Crippen LogP contribution is 2.19. The highest BCUT2D eigenvalue weighted by Gasteiger charge is 2.05. The van der Waals surface area contributed by atoms with Crippen molar-refractivity contribution in [2.24, 2.45) is 0 Å². The summed E-state index contributed by atoms with van der Waals surface area (Å²) in [5, 5.41) is 3.03. The first-order chi connectivity index (χ1) is 7.66. The number of hydrogen-bond acceptors (Lipinski definition) is 3. The van der Waals surface area contributed by atoms with E-state index < -0.39 is 0 Å². The lowest BCUT2D eigenvalue weighted by molar-refractivity contribution is 1.12. The molecule has 1 heterocycles. The van der Waals surface area contributed by atoms with E-state index in [0.29, 0.717) is 5.82 Å². The third-order valence-corrected chi connectivity index (χ3v) is 2.97. The van der Waals surface area contributed by atoms with Gasteiger partial charge in [0.1, 0.15) is 5.02 Å². The summed E-state index contributed by atoms with van der Waals surface area (Å²) >= 11 is 8.02. The van der Waals surface area contributed by atoms with Crippen molar-refractivity contribution in [1.29, 1.82) is 0 Å². The Morgan fingerprint density at radius 2 is 2.00 bits per heavy atom. The SMILES string of the molecule is O=c1[nH]cnc(Nc2ccc(I)cc2)c1Cl. The number of rotatable bonds is 2. The predicted octanol–water partition coefficient (Wildman–Crippen LogP) is 2.77. The van der Waals surface area contributed by atoms with E-state index in [1.165, 1.54) is 6.33 Å². The Morgan fingerprint density at radius 1 is 1.31 bits per heavy atom. The van der Waals surface area contributed by atoms with E-state index in [1.807, 2.05) is 24.3 Å². The predicted molar refractivity (Wildman–Crippen MR) is 72.3 cm³/mol. The summed E-state index contributed by atoms with van der Waals surface area (Å²) in [6, 6.07) is 7.68. The van der Waals surface area contributed by atoms with E-state index in [1.54, 1.807) is 0 Å². The Hall–Kier alpha value is -1.08. The summed E-state index contributed by atoms with van der Waals surface area (Å²) in [6.07, 6.45) is 1.31. The lowest BCUT2D eigenvalue weighted by atomic mass is 10.3. The minimum Gasteiger partial charge on any atom is -0.339 e. The summed E-state index contributed by atoms with van der Waals surface area (Å²) in [5.74, 6) is 0.353. The van der Waals surface area contributed by atoms with E-state index in [9.17, 15) is 4.79 Å². The molecule has 1 aromatic heterocycles. The molecule has 0 aliphatic rings. The largest absolute Gasteiger partial charge is 0.339 e. The molecule has 2 N–H and O–H groups in total. The van der Waals surface area contributed by atoms with Crippen molar-refractivity contribution in [2.45, 2.75) is 0 Å². The number of H-pyrrole nitrogens is 1. The molecule has 0 aliphatic carbocycles. The van der Waals surface area contributed by atoms with Crippen LogP contribution in [0.15, 0.2) is 35.4 Å². The fourth-order valence-electron chi connectivity index (χ4n) is 1.14. The molecule has 0 saturated heterocycles. The van der Waals surface area contributed by atoms with Crippen molar-refractivity contribution in [2.75, 3.05) is 5.32 Å². The average Bonchev–Trinajstić information content (AvgIpc) is 2.28. The molecule has 0 saturated carbocycles. The van der Waals surface area contributed by atoms with E-state index in [4.69, 9.17) is 11.6 Å². The van der Waals surface area contributed by atoms with Gasteiger partial charge in [-0.1, -0.05) is 11.6 Å². The standard InChI is InChI=1S/C10H7ClIN3O/c11-8-9(13-5-14-10(8)16)15-7-3-1-6(12)2-4-7/h1-5H,(H2,13,14,15,16). The normalized spacial score (nSPS) is 10.1. The van der Waals surface area contributed by atoms with Crippen molar-refractivity contribution >= 4 is 45.7 Å². The van der Waals surface area contributed by atoms with Gasteiger partial charge in [-0.25, -0.2) is 4.98 Å². The summed E-state index contributed by atoms with van der Waals surface area (Å²) in [7, 11) is 0. The Bertz CT molecular complexity index is 553. The average molecular weight is 348 g/mol. The van der Waals surface area contributed by atoms with Crippen LogP contribution in [0.2, 0.25) is 5.02 Å². The summed E-state index contributed by atoms with van der Waals surface area (Å²) in [4.78, 5) is 17.6. The van der Waals surface area contributed by atoms with Crippen molar-refractivity contribution in [3.05, 3.63) is 49.5 Å². The second-order valence-corrected chi connectivity index (χ2v) is 4.65. The van der Waals surface area contributed by atoms with Crippen LogP contribution in [0, 0.1) is 3.57 Å². The van der Waals surface area contributed by atoms with Crippen LogP contribution < -0.4 is 10.9 Å². The van der Waals surface area contributed by atoms with Crippen LogP contribution in [-0.4, -0.2) is 9.97 Å². The van der Waals surface area contributed by atoms with Gasteiger partial charge in [0.05, 0.1) is 6.33 Å². The second kappa shape index (κ2) is 4.84. The number of hydrogen-bond donors (Lipinski definition) is 2. The molecule has 2 aromatic rings. The molecular weight excluding hydrogens is 340 g/mol. The van der Waals surface area contributed by atoms with Crippen LogP contribution >= 0.6 is 34.2 Å². The van der Waals surface area contributed by atoms with Crippen LogP contribution in [0.3, 0.4) is 0 Å². The lowest BCUT2D eigenvalue weighted by Gasteiger charge is -2.05. The number of halogens is 2. The number of nitrogens with zero attached hydrogens (tertiary/aromatic N) is 1. The summed E-state index contributed by atoms with van der Waals surface area (Å²) < 4.78 is 1.13. The van der Waals surface area contributed by atoms with Gasteiger partial charge in [-0.05, 0) is 46.9 Å². The minimum atomic E-state index is -0.357. The van der Waals surface area contributed by atoms with Gasteiger partial charge in [0.2, 0.25) is 0 Å². The van der Waals surface area contributed by atoms with Crippen LogP contribution in [0.25, 0.3) is 0 Å². The smallest absolute Gasteiger partial charge is 0.271 e. The Labute approximate surface area is 110 Å². The van der Waals surface area contributed by atoms with Crippen molar-refractivity contribution in [1.82, 2.24) is 9.97 Å². The molecule has 0 aliphatic heterocycles. The molecular formula is C10H7ClIN3O. The van der Waals surface area contributed by atoms with Crippen molar-refractivity contribution < 1.29 is 0 Å². The van der Waals surface area contributed by atoms with Gasteiger partial charge in [-0.3, -0.25) is 4.79 Å². The highest BCUT2D eigenvalue weighted by molar-refractivity contribution is 14.1. The number of aromatic amines is 1. The van der Waals surface area contributed by atoms with Gasteiger partial charge in [-0.15, -0.1) is 0 Å². The van der Waals surface area contributed by atoms with Crippen LogP contribution in [0.1, 0.15) is 0 Å². The lowest BCUT2D eigenvalue weighted by Crippen LogP contribution is -2.09. The Kier molecular flexibility index (Phi) is 3.45. The third-order valence-electron chi connectivity index (χ3n) is 1.90. The van der Waals surface area contributed by atoms with Gasteiger partial charge >= 0.3 is 0 Å². The Balaban J connectivity index is 2.30. The zero-order valence-electron chi connectivity index (χ0n) is 8.00. The summed E-state index contributed by atoms with van der Waals surface area (Å²) in [5.41, 5.74) is 0.477. The van der Waals surface area contributed by atoms with Gasteiger partial charge < -0.3 is 10.3 Å². The maximum Gasteiger partial charge on any atom is 0.271 e. The van der Waals surface area contributed by atoms with Gasteiger partial charge in [0.15, 0.2) is 5.82 Å². The molecule has 16 heavy (non-hydrogen) atoms. The van der Waals surface area contributed by atoms with Crippen LogP contribution in [0.4, 0.5) is 11.5 Å². The molecule has 0 amide bonds. The third kappa shape index (κ3) is 2.53. The summed E-state index contributed by atoms with van der Waals surface area (Å²) in [6.45, 7) is 0. The zero-order chi connectivity index (χ0) is 11.5. The molecule has 0 fully saturated rings. The van der Waals surface area contributed by atoms with Crippen molar-refractivity contribution in [3.8, 4) is 0 Å². The van der Waals surface area contributed by atoms with E-state index >= 15 is 0 Å². The first-order valence-electron chi connectivity index (χ1n) is 4.42. The van der Waals surface area contributed by atoms with Crippen molar-refractivity contribution in [3.63, 3.8) is 0 Å².